The van der Waals surface area contributed by atoms with E-state index in [1.807, 2.05) is 12.1 Å². The zero-order valence-corrected chi connectivity index (χ0v) is 13.5. The van der Waals surface area contributed by atoms with Crippen LogP contribution in [-0.2, 0) is 4.79 Å². The van der Waals surface area contributed by atoms with Gasteiger partial charge < -0.3 is 20.2 Å². The maximum Gasteiger partial charge on any atom is 0.290 e. The van der Waals surface area contributed by atoms with E-state index in [2.05, 4.69) is 10.2 Å². The second-order valence-corrected chi connectivity index (χ2v) is 5.54. The van der Waals surface area contributed by atoms with Crippen LogP contribution >= 0.6 is 0 Å². The fourth-order valence-corrected chi connectivity index (χ4v) is 2.75. The number of β-amino-alcohol motifs (C(OH)–C–C–N with tert-alkyl or cyclic N) is 1. The van der Waals surface area contributed by atoms with E-state index in [-0.39, 0.29) is 31.4 Å². The van der Waals surface area contributed by atoms with E-state index < -0.39 is 6.10 Å². The third-order valence-electron chi connectivity index (χ3n) is 4.07. The number of hydrogen-bond donors (Lipinski definition) is 3. The summed E-state index contributed by atoms with van der Waals surface area (Å²) in [7, 11) is 0. The van der Waals surface area contributed by atoms with E-state index in [1.54, 1.807) is 34.3 Å². The quantitative estimate of drug-likeness (QED) is 0.654. The lowest BCUT2D eigenvalue weighted by Gasteiger charge is -2.35. The fourth-order valence-electron chi connectivity index (χ4n) is 2.75. The molecule has 1 amide bonds. The number of aromatic nitrogens is 3. The number of piperidine rings is 1. The topological polar surface area (TPSA) is 129 Å². The predicted octanol–water partition coefficient (Wildman–Crippen LogP) is -0.217. The van der Waals surface area contributed by atoms with Gasteiger partial charge >= 0.3 is 0 Å². The number of rotatable bonds is 3. The molecule has 2 aromatic rings. The largest absolute Gasteiger partial charge is 0.483 e. The second kappa shape index (κ2) is 8.90. The third-order valence-corrected chi connectivity index (χ3v) is 4.07. The van der Waals surface area contributed by atoms with E-state index in [4.69, 9.17) is 9.90 Å². The van der Waals surface area contributed by atoms with Crippen LogP contribution < -0.4 is 0 Å². The number of para-hydroxylation sites is 1. The van der Waals surface area contributed by atoms with Gasteiger partial charge in [0.25, 0.3) is 12.4 Å². The molecule has 0 radical (unpaired) electrons. The van der Waals surface area contributed by atoms with Crippen molar-refractivity contribution in [1.82, 2.24) is 19.7 Å². The molecule has 1 aromatic heterocycles. The van der Waals surface area contributed by atoms with Crippen molar-refractivity contribution in [2.75, 3.05) is 19.7 Å². The van der Waals surface area contributed by atoms with Crippen molar-refractivity contribution in [3.8, 4) is 5.69 Å². The number of amides is 1. The summed E-state index contributed by atoms with van der Waals surface area (Å²) in [5, 5.41) is 33.6. The Kier molecular flexibility index (Phi) is 6.61. The number of benzene rings is 1. The predicted molar refractivity (Wildman–Crippen MR) is 87.2 cm³/mol. The van der Waals surface area contributed by atoms with Crippen molar-refractivity contribution in [3.05, 3.63) is 42.5 Å². The monoisotopic (exact) mass is 348 g/mol. The number of aliphatic hydroxyl groups is 2. The minimum Gasteiger partial charge on any atom is -0.483 e. The van der Waals surface area contributed by atoms with Gasteiger partial charge in [0.05, 0.1) is 17.4 Å². The van der Waals surface area contributed by atoms with Crippen molar-refractivity contribution >= 4 is 12.4 Å². The van der Waals surface area contributed by atoms with Gasteiger partial charge in [0, 0.05) is 25.6 Å². The molecule has 1 aliphatic rings. The van der Waals surface area contributed by atoms with Crippen molar-refractivity contribution in [2.24, 2.45) is 5.92 Å². The molecule has 9 heteroatoms. The van der Waals surface area contributed by atoms with Crippen LogP contribution in [0, 0.1) is 5.92 Å². The third kappa shape index (κ3) is 4.40. The van der Waals surface area contributed by atoms with Gasteiger partial charge in [-0.1, -0.05) is 12.1 Å². The lowest BCUT2D eigenvalue weighted by molar-refractivity contribution is -0.122. The van der Waals surface area contributed by atoms with Crippen molar-refractivity contribution in [2.45, 2.75) is 12.5 Å². The maximum absolute atomic E-state index is 12.8. The highest BCUT2D eigenvalue weighted by atomic mass is 16.3. The molecule has 2 heterocycles. The Labute approximate surface area is 144 Å². The molecule has 0 bridgehead atoms. The minimum absolute atomic E-state index is 0.0551. The normalized spacial score (nSPS) is 19.7. The molecule has 3 rings (SSSR count). The molecule has 1 saturated heterocycles. The molecule has 0 unspecified atom stereocenters. The van der Waals surface area contributed by atoms with Gasteiger partial charge in [-0.05, 0) is 18.6 Å². The van der Waals surface area contributed by atoms with Gasteiger partial charge in [0.2, 0.25) is 0 Å². The van der Waals surface area contributed by atoms with Crippen LogP contribution in [-0.4, -0.2) is 73.2 Å². The van der Waals surface area contributed by atoms with E-state index in [0.717, 1.165) is 0 Å². The standard InChI is InChI=1S/C15H18N4O3.CH2O2/c20-8-11-5-6-18(7-14(11)21)15(22)12-3-1-2-4-13(12)19-9-16-17-10-19;2-1-3/h1-4,9-11,14,20-21H,5-8H2;1H,(H,2,3)/t11-,14-;/m1./s1. The highest BCUT2D eigenvalue weighted by molar-refractivity contribution is 5.97. The average molecular weight is 348 g/mol. The summed E-state index contributed by atoms with van der Waals surface area (Å²) >= 11 is 0. The van der Waals surface area contributed by atoms with Crippen LogP contribution in [0.2, 0.25) is 0 Å². The van der Waals surface area contributed by atoms with Crippen molar-refractivity contribution < 1.29 is 24.9 Å². The van der Waals surface area contributed by atoms with Gasteiger partial charge in [0.1, 0.15) is 12.7 Å². The van der Waals surface area contributed by atoms with E-state index >= 15 is 0 Å². The summed E-state index contributed by atoms with van der Waals surface area (Å²) in [5.41, 5.74) is 1.24. The Morgan fingerprint density at radius 3 is 2.52 bits per heavy atom. The Balaban J connectivity index is 0.000000701. The summed E-state index contributed by atoms with van der Waals surface area (Å²) in [5.74, 6) is -0.295. The average Bonchev–Trinajstić information content (AvgIpc) is 3.16. The summed E-state index contributed by atoms with van der Waals surface area (Å²) in [4.78, 5) is 22.7. The maximum atomic E-state index is 12.8. The molecule has 1 fully saturated rings. The smallest absolute Gasteiger partial charge is 0.290 e. The molecule has 1 aromatic carbocycles. The molecule has 9 nitrogen and oxygen atoms in total. The number of hydrogen-bond acceptors (Lipinski definition) is 6. The van der Waals surface area contributed by atoms with Gasteiger partial charge in [-0.2, -0.15) is 0 Å². The molecule has 3 N–H and O–H groups in total. The highest BCUT2D eigenvalue weighted by Gasteiger charge is 2.30. The highest BCUT2D eigenvalue weighted by Crippen LogP contribution is 2.22. The molecular weight excluding hydrogens is 328 g/mol. The Hall–Kier alpha value is -2.78. The van der Waals surface area contributed by atoms with E-state index in [0.29, 0.717) is 24.2 Å². The Morgan fingerprint density at radius 2 is 1.92 bits per heavy atom. The molecule has 0 saturated carbocycles. The molecular formula is C16H20N4O5. The summed E-state index contributed by atoms with van der Waals surface area (Å²) in [6, 6.07) is 7.23. The molecule has 0 spiro atoms. The summed E-state index contributed by atoms with van der Waals surface area (Å²) in [6.07, 6.45) is 2.99. The first-order chi connectivity index (χ1) is 12.1. The lowest BCUT2D eigenvalue weighted by Crippen LogP contribution is -2.47. The van der Waals surface area contributed by atoms with Gasteiger partial charge in [0.15, 0.2) is 0 Å². The SMILES string of the molecule is O=C(c1ccccc1-n1cnnc1)N1CC[C@H](CO)[C@H](O)C1.O=CO. The number of carboxylic acid groups (broad SMARTS) is 1. The molecule has 1 aliphatic heterocycles. The first kappa shape index (κ1) is 18.6. The number of likely N-dealkylation sites (tertiary alicyclic amines) is 1. The fraction of sp³-hybridized carbons (Fsp3) is 0.375. The van der Waals surface area contributed by atoms with Gasteiger partial charge in [-0.25, -0.2) is 0 Å². The van der Waals surface area contributed by atoms with Crippen molar-refractivity contribution in [3.63, 3.8) is 0 Å². The minimum atomic E-state index is -0.690. The Bertz CT molecular complexity index is 692. The van der Waals surface area contributed by atoms with E-state index in [9.17, 15) is 15.0 Å². The van der Waals surface area contributed by atoms with E-state index in [1.165, 1.54) is 0 Å². The summed E-state index contributed by atoms with van der Waals surface area (Å²) < 4.78 is 1.68. The van der Waals surface area contributed by atoms with Crippen LogP contribution in [0.3, 0.4) is 0 Å². The van der Waals surface area contributed by atoms with Crippen molar-refractivity contribution in [1.29, 1.82) is 0 Å². The molecule has 0 aliphatic carbocycles. The summed E-state index contributed by atoms with van der Waals surface area (Å²) in [6.45, 7) is 0.457. The first-order valence-corrected chi connectivity index (χ1v) is 7.72. The Morgan fingerprint density at radius 1 is 1.28 bits per heavy atom. The second-order valence-electron chi connectivity index (χ2n) is 5.54. The zero-order chi connectivity index (χ0) is 18.2. The van der Waals surface area contributed by atoms with Crippen LogP contribution in [0.4, 0.5) is 0 Å². The molecule has 134 valence electrons. The van der Waals surface area contributed by atoms with Crippen LogP contribution in [0.15, 0.2) is 36.9 Å². The van der Waals surface area contributed by atoms with Gasteiger partial charge in [-0.15, -0.1) is 10.2 Å². The number of nitrogens with zero attached hydrogens (tertiary/aromatic N) is 4. The van der Waals surface area contributed by atoms with Crippen LogP contribution in [0.25, 0.3) is 5.69 Å². The molecule has 2 atom stereocenters. The lowest BCUT2D eigenvalue weighted by atomic mass is 9.94. The van der Waals surface area contributed by atoms with Crippen LogP contribution in [0.5, 0.6) is 0 Å². The number of carbonyl (C=O) groups is 2. The number of carbonyl (C=O) groups excluding carboxylic acids is 1. The molecule has 25 heavy (non-hydrogen) atoms. The zero-order valence-electron chi connectivity index (χ0n) is 13.5. The number of aliphatic hydroxyl groups excluding tert-OH is 2. The first-order valence-electron chi connectivity index (χ1n) is 7.72. The van der Waals surface area contributed by atoms with Crippen LogP contribution in [0.1, 0.15) is 16.8 Å². The van der Waals surface area contributed by atoms with Gasteiger partial charge in [-0.3, -0.25) is 14.2 Å².